The third kappa shape index (κ3) is 4.21. The molecule has 1 amide bonds. The molecule has 3 N–H and O–H groups in total. The van der Waals surface area contributed by atoms with Crippen LogP contribution in [0.2, 0.25) is 0 Å². The van der Waals surface area contributed by atoms with E-state index in [0.717, 1.165) is 26.2 Å². The van der Waals surface area contributed by atoms with Gasteiger partial charge in [-0.3, -0.25) is 9.69 Å². The van der Waals surface area contributed by atoms with E-state index in [0.29, 0.717) is 0 Å². The molecule has 7 nitrogen and oxygen atoms in total. The molecule has 4 atom stereocenters. The Kier molecular flexibility index (Phi) is 6.20. The van der Waals surface area contributed by atoms with E-state index < -0.39 is 30.0 Å². The van der Waals surface area contributed by atoms with Crippen LogP contribution in [0.1, 0.15) is 10.4 Å². The first kappa shape index (κ1) is 19.2. The monoisotopic (exact) mass is 367 g/mol. The number of nitrogens with zero attached hydrogens (tertiary/aromatic N) is 2. The zero-order valence-corrected chi connectivity index (χ0v) is 14.8. The third-order valence-electron chi connectivity index (χ3n) is 5.15. The maximum atomic E-state index is 13.3. The fourth-order valence-corrected chi connectivity index (χ4v) is 3.64. The Hall–Kier alpha value is -1.58. The van der Waals surface area contributed by atoms with Gasteiger partial charge in [-0.05, 0) is 25.2 Å². The summed E-state index contributed by atoms with van der Waals surface area (Å²) in [5, 5.41) is 22.8. The molecule has 1 aromatic rings. The molecule has 3 rings (SSSR count). The summed E-state index contributed by atoms with van der Waals surface area (Å²) in [6.07, 6.45) is -1.93. The Morgan fingerprint density at radius 2 is 2.04 bits per heavy atom. The summed E-state index contributed by atoms with van der Waals surface area (Å²) in [4.78, 5) is 16.6. The van der Waals surface area contributed by atoms with E-state index in [-0.39, 0.29) is 24.8 Å². The molecule has 2 saturated heterocycles. The maximum Gasteiger partial charge on any atom is 0.251 e. The number of aliphatic hydroxyl groups excluding tert-OH is 2. The lowest BCUT2D eigenvalue weighted by atomic mass is 10.0. The number of hydrogen-bond donors (Lipinski definition) is 3. The van der Waals surface area contributed by atoms with Crippen LogP contribution in [0.4, 0.5) is 4.39 Å². The lowest BCUT2D eigenvalue weighted by Gasteiger charge is -2.39. The van der Waals surface area contributed by atoms with E-state index in [4.69, 9.17) is 4.74 Å². The number of halogens is 1. The fourth-order valence-electron chi connectivity index (χ4n) is 3.64. The summed E-state index contributed by atoms with van der Waals surface area (Å²) < 4.78 is 19.1. The summed E-state index contributed by atoms with van der Waals surface area (Å²) in [5.41, 5.74) is 0.235. The normalized spacial score (nSPS) is 30.5. The molecule has 2 aliphatic heterocycles. The molecule has 2 heterocycles. The zero-order valence-electron chi connectivity index (χ0n) is 14.8. The highest BCUT2D eigenvalue weighted by molar-refractivity contribution is 5.94. The molecule has 0 aromatic heterocycles. The molecule has 8 heteroatoms. The predicted octanol–water partition coefficient (Wildman–Crippen LogP) is -0.708. The first-order valence-corrected chi connectivity index (χ1v) is 8.90. The molecule has 0 radical (unpaired) electrons. The van der Waals surface area contributed by atoms with Crippen LogP contribution in [-0.4, -0.2) is 96.7 Å². The summed E-state index contributed by atoms with van der Waals surface area (Å²) in [5.74, 6) is -0.868. The highest BCUT2D eigenvalue weighted by Gasteiger charge is 2.46. The van der Waals surface area contributed by atoms with Crippen molar-refractivity contribution in [3.8, 4) is 0 Å². The third-order valence-corrected chi connectivity index (χ3v) is 5.15. The average Bonchev–Trinajstić information content (AvgIpc) is 2.96. The number of hydrogen-bond acceptors (Lipinski definition) is 6. The van der Waals surface area contributed by atoms with Gasteiger partial charge in [0.2, 0.25) is 0 Å². The van der Waals surface area contributed by atoms with Gasteiger partial charge in [-0.25, -0.2) is 4.39 Å². The van der Waals surface area contributed by atoms with Crippen molar-refractivity contribution in [1.82, 2.24) is 15.1 Å². The lowest BCUT2D eigenvalue weighted by Crippen LogP contribution is -2.56. The smallest absolute Gasteiger partial charge is 0.251 e. The van der Waals surface area contributed by atoms with Gasteiger partial charge in [-0.2, -0.15) is 0 Å². The van der Waals surface area contributed by atoms with Crippen molar-refractivity contribution in [3.05, 3.63) is 35.6 Å². The molecule has 0 aliphatic carbocycles. The van der Waals surface area contributed by atoms with Crippen LogP contribution in [0.25, 0.3) is 0 Å². The van der Waals surface area contributed by atoms with Gasteiger partial charge in [-0.15, -0.1) is 0 Å². The minimum Gasteiger partial charge on any atom is -0.394 e. The van der Waals surface area contributed by atoms with Crippen molar-refractivity contribution < 1.29 is 24.1 Å². The molecule has 0 saturated carbocycles. The van der Waals surface area contributed by atoms with Gasteiger partial charge >= 0.3 is 0 Å². The topological polar surface area (TPSA) is 85.3 Å². The fraction of sp³-hybridized carbons (Fsp3) is 0.611. The van der Waals surface area contributed by atoms with Gasteiger partial charge in [0.25, 0.3) is 5.91 Å². The minimum absolute atomic E-state index is 0.180. The Labute approximate surface area is 152 Å². The standard InChI is InChI=1S/C18H26FN3O4/c1-21-5-7-22(8-6-21)16-14(26-15(11-23)17(16)24)10-20-18(25)12-3-2-4-13(19)9-12/h2-4,9,14-17,23-24H,5-8,10-11H2,1H3,(H,20,25)/t14-,15+,16-,17-/m1/s1. The largest absolute Gasteiger partial charge is 0.394 e. The Balaban J connectivity index is 1.65. The Bertz CT molecular complexity index is 624. The van der Waals surface area contributed by atoms with Crippen LogP contribution < -0.4 is 5.32 Å². The lowest BCUT2D eigenvalue weighted by molar-refractivity contribution is -0.0209. The number of carbonyl (C=O) groups is 1. The number of nitrogens with one attached hydrogen (secondary N) is 1. The number of amides is 1. The van der Waals surface area contributed by atoms with Crippen LogP contribution in [0.5, 0.6) is 0 Å². The van der Waals surface area contributed by atoms with Crippen molar-refractivity contribution in [1.29, 1.82) is 0 Å². The summed E-state index contributed by atoms with van der Waals surface area (Å²) in [7, 11) is 2.05. The van der Waals surface area contributed by atoms with E-state index in [1.165, 1.54) is 24.3 Å². The molecule has 0 unspecified atom stereocenters. The molecular weight excluding hydrogens is 341 g/mol. The van der Waals surface area contributed by atoms with Gasteiger partial charge in [-0.1, -0.05) is 6.07 Å². The summed E-state index contributed by atoms with van der Waals surface area (Å²) in [6.45, 7) is 3.24. The van der Waals surface area contributed by atoms with Gasteiger partial charge in [0.1, 0.15) is 18.0 Å². The summed E-state index contributed by atoms with van der Waals surface area (Å²) >= 11 is 0. The van der Waals surface area contributed by atoms with Gasteiger partial charge < -0.3 is 25.2 Å². The first-order chi connectivity index (χ1) is 12.5. The number of ether oxygens (including phenoxy) is 1. The van der Waals surface area contributed by atoms with Crippen molar-refractivity contribution in [2.45, 2.75) is 24.4 Å². The van der Waals surface area contributed by atoms with E-state index in [1.54, 1.807) is 0 Å². The number of likely N-dealkylation sites (N-methyl/N-ethyl adjacent to an activating group) is 1. The minimum atomic E-state index is -0.820. The molecule has 0 bridgehead atoms. The number of carbonyl (C=O) groups excluding carboxylic acids is 1. The predicted molar refractivity (Wildman–Crippen MR) is 93.3 cm³/mol. The van der Waals surface area contributed by atoms with E-state index in [2.05, 4.69) is 15.1 Å². The molecule has 2 aliphatic rings. The van der Waals surface area contributed by atoms with Crippen LogP contribution >= 0.6 is 0 Å². The van der Waals surface area contributed by atoms with Crippen molar-refractivity contribution in [2.75, 3.05) is 46.4 Å². The second kappa shape index (κ2) is 8.41. The number of aliphatic hydroxyl groups is 2. The number of benzene rings is 1. The quantitative estimate of drug-likeness (QED) is 0.638. The second-order valence-corrected chi connectivity index (χ2v) is 6.94. The molecule has 1 aromatic carbocycles. The Morgan fingerprint density at radius 3 is 2.69 bits per heavy atom. The van der Waals surface area contributed by atoms with Crippen molar-refractivity contribution in [2.24, 2.45) is 0 Å². The van der Waals surface area contributed by atoms with Crippen molar-refractivity contribution >= 4 is 5.91 Å². The highest BCUT2D eigenvalue weighted by Crippen LogP contribution is 2.26. The van der Waals surface area contributed by atoms with Crippen LogP contribution in [0.15, 0.2) is 24.3 Å². The van der Waals surface area contributed by atoms with E-state index in [9.17, 15) is 19.4 Å². The number of rotatable bonds is 5. The molecule has 0 spiro atoms. The SMILES string of the molecule is CN1CCN([C@H]2[C@H](O)[C@H](CO)O[C@@H]2CNC(=O)c2cccc(F)c2)CC1. The van der Waals surface area contributed by atoms with Crippen LogP contribution in [0.3, 0.4) is 0 Å². The van der Waals surface area contributed by atoms with Gasteiger partial charge in [0.05, 0.1) is 18.8 Å². The van der Waals surface area contributed by atoms with Gasteiger partial charge in [0.15, 0.2) is 0 Å². The van der Waals surface area contributed by atoms with Crippen molar-refractivity contribution in [3.63, 3.8) is 0 Å². The average molecular weight is 367 g/mol. The highest BCUT2D eigenvalue weighted by atomic mass is 19.1. The maximum absolute atomic E-state index is 13.3. The second-order valence-electron chi connectivity index (χ2n) is 6.94. The van der Waals surface area contributed by atoms with E-state index >= 15 is 0 Å². The van der Waals surface area contributed by atoms with Crippen LogP contribution in [-0.2, 0) is 4.74 Å². The zero-order chi connectivity index (χ0) is 18.7. The first-order valence-electron chi connectivity index (χ1n) is 8.90. The van der Waals surface area contributed by atoms with Gasteiger partial charge in [0, 0.05) is 38.3 Å². The van der Waals surface area contributed by atoms with Crippen LogP contribution in [0, 0.1) is 5.82 Å². The Morgan fingerprint density at radius 1 is 1.31 bits per heavy atom. The molecular formula is C18H26FN3O4. The molecule has 26 heavy (non-hydrogen) atoms. The summed E-state index contributed by atoms with van der Waals surface area (Å²) in [6, 6.07) is 5.18. The number of piperazine rings is 1. The molecule has 144 valence electrons. The molecule has 2 fully saturated rings. The van der Waals surface area contributed by atoms with E-state index in [1.807, 2.05) is 7.05 Å².